The summed E-state index contributed by atoms with van der Waals surface area (Å²) in [5, 5.41) is 9.18. The van der Waals surface area contributed by atoms with Gasteiger partial charge in [-0.05, 0) is 34.1 Å². The second-order valence-corrected chi connectivity index (χ2v) is 6.22. The zero-order chi connectivity index (χ0) is 16.6. The van der Waals surface area contributed by atoms with Gasteiger partial charge in [0.25, 0.3) is 0 Å². The summed E-state index contributed by atoms with van der Waals surface area (Å²) in [6, 6.07) is 0.154. The molecule has 0 saturated carbocycles. The minimum absolute atomic E-state index is 0.0342. The first-order chi connectivity index (χ1) is 9.71. The first-order valence-electron chi connectivity index (χ1n) is 7.92. The van der Waals surface area contributed by atoms with Crippen molar-refractivity contribution >= 4 is 11.8 Å². The van der Waals surface area contributed by atoms with Crippen molar-refractivity contribution in [3.05, 3.63) is 0 Å². The molecule has 0 spiro atoms. The number of amides is 2. The van der Waals surface area contributed by atoms with E-state index < -0.39 is 0 Å². The average molecular weight is 300 g/mol. The molecule has 0 aliphatic carbocycles. The SMILES string of the molecule is CCC(=O)N(CCC(C)(C)N(CCO)C(=O)CC)C(C)C. The topological polar surface area (TPSA) is 60.9 Å². The van der Waals surface area contributed by atoms with E-state index >= 15 is 0 Å². The fourth-order valence-corrected chi connectivity index (χ4v) is 2.46. The molecule has 0 aromatic carbocycles. The van der Waals surface area contributed by atoms with Crippen LogP contribution in [0.2, 0.25) is 0 Å². The molecule has 0 aliphatic heterocycles. The van der Waals surface area contributed by atoms with Crippen molar-refractivity contribution in [2.24, 2.45) is 0 Å². The molecule has 0 bridgehead atoms. The molecule has 0 heterocycles. The lowest BCUT2D eigenvalue weighted by molar-refractivity contribution is -0.138. The van der Waals surface area contributed by atoms with Crippen LogP contribution in [0.15, 0.2) is 0 Å². The molecule has 21 heavy (non-hydrogen) atoms. The van der Waals surface area contributed by atoms with Gasteiger partial charge in [-0.1, -0.05) is 13.8 Å². The lowest BCUT2D eigenvalue weighted by Crippen LogP contribution is -2.51. The molecular formula is C16H32N2O3. The number of carbonyl (C=O) groups is 2. The van der Waals surface area contributed by atoms with E-state index in [1.807, 2.05) is 46.4 Å². The Morgan fingerprint density at radius 3 is 1.95 bits per heavy atom. The van der Waals surface area contributed by atoms with Gasteiger partial charge in [0.05, 0.1) is 6.61 Å². The summed E-state index contributed by atoms with van der Waals surface area (Å²) in [7, 11) is 0. The van der Waals surface area contributed by atoms with Gasteiger partial charge >= 0.3 is 0 Å². The fourth-order valence-electron chi connectivity index (χ4n) is 2.46. The predicted molar refractivity (Wildman–Crippen MR) is 84.9 cm³/mol. The highest BCUT2D eigenvalue weighted by molar-refractivity contribution is 5.77. The van der Waals surface area contributed by atoms with Gasteiger partial charge in [0.2, 0.25) is 11.8 Å². The van der Waals surface area contributed by atoms with Crippen LogP contribution in [0.25, 0.3) is 0 Å². The van der Waals surface area contributed by atoms with Crippen LogP contribution in [0.3, 0.4) is 0 Å². The summed E-state index contributed by atoms with van der Waals surface area (Å²) in [4.78, 5) is 27.6. The Bertz CT molecular complexity index is 340. The third kappa shape index (κ3) is 6.04. The van der Waals surface area contributed by atoms with Crippen molar-refractivity contribution in [2.45, 2.75) is 72.4 Å². The lowest BCUT2D eigenvalue weighted by atomic mass is 9.96. The van der Waals surface area contributed by atoms with Crippen molar-refractivity contribution in [1.82, 2.24) is 9.80 Å². The third-order valence-electron chi connectivity index (χ3n) is 3.87. The number of hydrogen-bond acceptors (Lipinski definition) is 3. The molecule has 1 N–H and O–H groups in total. The van der Waals surface area contributed by atoms with E-state index in [1.54, 1.807) is 4.90 Å². The van der Waals surface area contributed by atoms with Crippen LogP contribution in [0.4, 0.5) is 0 Å². The molecule has 124 valence electrons. The summed E-state index contributed by atoms with van der Waals surface area (Å²) >= 11 is 0. The van der Waals surface area contributed by atoms with Crippen LogP contribution >= 0.6 is 0 Å². The van der Waals surface area contributed by atoms with Gasteiger partial charge in [-0.2, -0.15) is 0 Å². The molecule has 0 radical (unpaired) electrons. The summed E-state index contributed by atoms with van der Waals surface area (Å²) in [5.41, 5.74) is -0.378. The zero-order valence-corrected chi connectivity index (χ0v) is 14.5. The van der Waals surface area contributed by atoms with Crippen molar-refractivity contribution in [3.8, 4) is 0 Å². The minimum Gasteiger partial charge on any atom is -0.395 e. The summed E-state index contributed by atoms with van der Waals surface area (Å²) in [6.45, 7) is 12.6. The normalized spacial score (nSPS) is 11.6. The first kappa shape index (κ1) is 19.9. The second kappa shape index (κ2) is 9.03. The molecule has 5 nitrogen and oxygen atoms in total. The summed E-state index contributed by atoms with van der Waals surface area (Å²) in [5.74, 6) is 0.170. The van der Waals surface area contributed by atoms with Gasteiger partial charge in [-0.25, -0.2) is 0 Å². The lowest BCUT2D eigenvalue weighted by Gasteiger charge is -2.40. The second-order valence-electron chi connectivity index (χ2n) is 6.22. The Hall–Kier alpha value is -1.10. The van der Waals surface area contributed by atoms with E-state index in [0.717, 1.165) is 0 Å². The van der Waals surface area contributed by atoms with Gasteiger partial charge in [0, 0.05) is 37.5 Å². The molecule has 2 amide bonds. The van der Waals surface area contributed by atoms with Crippen LogP contribution in [-0.4, -0.2) is 58.0 Å². The number of rotatable bonds is 9. The van der Waals surface area contributed by atoms with E-state index in [2.05, 4.69) is 0 Å². The summed E-state index contributed by atoms with van der Waals surface area (Å²) < 4.78 is 0. The van der Waals surface area contributed by atoms with Gasteiger partial charge in [-0.15, -0.1) is 0 Å². The largest absolute Gasteiger partial charge is 0.395 e. The van der Waals surface area contributed by atoms with Crippen molar-refractivity contribution in [3.63, 3.8) is 0 Å². The Morgan fingerprint density at radius 2 is 1.57 bits per heavy atom. The number of aliphatic hydroxyl groups is 1. The van der Waals surface area contributed by atoms with Crippen molar-refractivity contribution in [1.29, 1.82) is 0 Å². The van der Waals surface area contributed by atoms with Crippen LogP contribution in [0, 0.1) is 0 Å². The molecule has 0 aliphatic rings. The number of nitrogens with zero attached hydrogens (tertiary/aromatic N) is 2. The highest BCUT2D eigenvalue weighted by Crippen LogP contribution is 2.21. The van der Waals surface area contributed by atoms with E-state index in [-0.39, 0.29) is 30.0 Å². The third-order valence-corrected chi connectivity index (χ3v) is 3.87. The van der Waals surface area contributed by atoms with Crippen LogP contribution in [0.5, 0.6) is 0 Å². The van der Waals surface area contributed by atoms with Crippen LogP contribution in [-0.2, 0) is 9.59 Å². The highest BCUT2D eigenvalue weighted by atomic mass is 16.3. The predicted octanol–water partition coefficient (Wildman–Crippen LogP) is 2.03. The summed E-state index contributed by atoms with van der Waals surface area (Å²) in [6.07, 6.45) is 1.61. The zero-order valence-electron chi connectivity index (χ0n) is 14.5. The molecule has 0 saturated heterocycles. The Morgan fingerprint density at radius 1 is 1.05 bits per heavy atom. The average Bonchev–Trinajstić information content (AvgIpc) is 2.42. The fraction of sp³-hybridized carbons (Fsp3) is 0.875. The molecular weight excluding hydrogens is 268 g/mol. The van der Waals surface area contributed by atoms with Crippen molar-refractivity contribution in [2.75, 3.05) is 19.7 Å². The maximum atomic E-state index is 12.1. The molecule has 0 fully saturated rings. The number of carbonyl (C=O) groups excluding carboxylic acids is 2. The standard InChI is InChI=1S/C16H32N2O3/c1-7-14(20)17(13(3)4)10-9-16(5,6)18(11-12-19)15(21)8-2/h13,19H,7-12H2,1-6H3. The smallest absolute Gasteiger partial charge is 0.222 e. The van der Waals surface area contributed by atoms with Crippen LogP contribution in [0.1, 0.15) is 60.8 Å². The quantitative estimate of drug-likeness (QED) is 0.709. The molecule has 5 heteroatoms. The van der Waals surface area contributed by atoms with E-state index in [9.17, 15) is 14.7 Å². The number of hydrogen-bond donors (Lipinski definition) is 1. The van der Waals surface area contributed by atoms with Gasteiger partial charge in [0.15, 0.2) is 0 Å². The van der Waals surface area contributed by atoms with E-state index in [0.29, 0.717) is 32.4 Å². The molecule has 0 unspecified atom stereocenters. The number of β-amino-alcohol motifs (C(OH)–C–C–N with tert-alkyl or cyclic N) is 1. The van der Waals surface area contributed by atoms with E-state index in [4.69, 9.17) is 0 Å². The van der Waals surface area contributed by atoms with Crippen molar-refractivity contribution < 1.29 is 14.7 Å². The maximum Gasteiger partial charge on any atom is 0.222 e. The van der Waals surface area contributed by atoms with Crippen LogP contribution < -0.4 is 0 Å². The maximum absolute atomic E-state index is 12.1. The molecule has 0 aromatic heterocycles. The Balaban J connectivity index is 4.90. The highest BCUT2D eigenvalue weighted by Gasteiger charge is 2.30. The number of aliphatic hydroxyl groups excluding tert-OH is 1. The Labute approximate surface area is 129 Å². The van der Waals surface area contributed by atoms with Gasteiger partial charge < -0.3 is 14.9 Å². The van der Waals surface area contributed by atoms with Gasteiger partial charge in [-0.3, -0.25) is 9.59 Å². The monoisotopic (exact) mass is 300 g/mol. The molecule has 0 aromatic rings. The molecule has 0 rings (SSSR count). The minimum atomic E-state index is -0.378. The first-order valence-corrected chi connectivity index (χ1v) is 7.92. The van der Waals surface area contributed by atoms with E-state index in [1.165, 1.54) is 0 Å². The van der Waals surface area contributed by atoms with Gasteiger partial charge in [0.1, 0.15) is 0 Å². The Kier molecular flexibility index (Phi) is 8.55. The molecule has 0 atom stereocenters.